The minimum Gasteiger partial charge on any atom is -0.320 e. The Kier molecular flexibility index (Phi) is 4.63. The van der Waals surface area contributed by atoms with E-state index in [1.165, 1.54) is 6.07 Å². The maximum absolute atomic E-state index is 13.9. The van der Waals surface area contributed by atoms with E-state index >= 15 is 0 Å². The Morgan fingerprint density at radius 1 is 1.21 bits per heavy atom. The highest BCUT2D eigenvalue weighted by atomic mass is 79.9. The van der Waals surface area contributed by atoms with Crippen LogP contribution in [0.2, 0.25) is 0 Å². The molecule has 19 heavy (non-hydrogen) atoms. The first-order valence-corrected chi connectivity index (χ1v) is 8.28. The van der Waals surface area contributed by atoms with Crippen molar-refractivity contribution >= 4 is 23.5 Å². The molecule has 7 heteroatoms. The average Bonchev–Trinajstić information content (AvgIpc) is 2.25. The van der Waals surface area contributed by atoms with E-state index in [4.69, 9.17) is 9.79 Å². The summed E-state index contributed by atoms with van der Waals surface area (Å²) < 4.78 is 38.9. The van der Waals surface area contributed by atoms with E-state index in [1.54, 1.807) is 26.8 Å². The van der Waals surface area contributed by atoms with Crippen LogP contribution in [0.25, 0.3) is 0 Å². The lowest BCUT2D eigenvalue weighted by Crippen LogP contribution is -2.22. The lowest BCUT2D eigenvalue weighted by Gasteiger charge is -2.28. The molecule has 0 saturated heterocycles. The van der Waals surface area contributed by atoms with Gasteiger partial charge in [-0.3, -0.25) is 4.57 Å². The fourth-order valence-corrected chi connectivity index (χ4v) is 2.57. The molecule has 0 spiro atoms. The van der Waals surface area contributed by atoms with Crippen molar-refractivity contribution in [1.29, 1.82) is 0 Å². The molecule has 0 aliphatic heterocycles. The van der Waals surface area contributed by atoms with E-state index in [-0.39, 0.29) is 5.56 Å². The van der Waals surface area contributed by atoms with Crippen LogP contribution in [0.5, 0.6) is 0 Å². The van der Waals surface area contributed by atoms with Crippen LogP contribution in [0.1, 0.15) is 37.5 Å². The van der Waals surface area contributed by atoms with Crippen LogP contribution in [0.15, 0.2) is 18.2 Å². The predicted molar refractivity (Wildman–Crippen MR) is 73.7 cm³/mol. The summed E-state index contributed by atoms with van der Waals surface area (Å²) in [5, 5.41) is 0.484. The van der Waals surface area contributed by atoms with Crippen LogP contribution in [0, 0.1) is 0 Å². The van der Waals surface area contributed by atoms with Crippen LogP contribution >= 0.6 is 23.5 Å². The molecule has 0 atom stereocenters. The van der Waals surface area contributed by atoms with Gasteiger partial charge in [0.15, 0.2) is 0 Å². The smallest absolute Gasteiger partial charge is 0.320 e. The van der Waals surface area contributed by atoms with Gasteiger partial charge in [-0.2, -0.15) is 8.78 Å². The number of hydrogen-bond donors (Lipinski definition) is 2. The average molecular weight is 357 g/mol. The maximum atomic E-state index is 13.9. The highest BCUT2D eigenvalue weighted by molar-refractivity contribution is 9.08. The third-order valence-electron chi connectivity index (χ3n) is 2.74. The first kappa shape index (κ1) is 16.8. The van der Waals surface area contributed by atoms with Crippen LogP contribution in [-0.2, 0) is 21.0 Å². The van der Waals surface area contributed by atoms with Gasteiger partial charge in [0.05, 0.1) is 0 Å². The van der Waals surface area contributed by atoms with Gasteiger partial charge in [0.2, 0.25) is 0 Å². The fourth-order valence-electron chi connectivity index (χ4n) is 1.71. The monoisotopic (exact) mass is 356 g/mol. The Hall–Kier alpha value is -0.290. The maximum Gasteiger partial charge on any atom is 0.399 e. The van der Waals surface area contributed by atoms with Gasteiger partial charge in [-0.15, -0.1) is 0 Å². The zero-order chi connectivity index (χ0) is 15.1. The molecular formula is C12H16BrF2O3P. The Balaban J connectivity index is 3.57. The Morgan fingerprint density at radius 3 is 2.11 bits per heavy atom. The van der Waals surface area contributed by atoms with Crippen molar-refractivity contribution in [3.05, 3.63) is 34.9 Å². The molecule has 1 aromatic carbocycles. The first-order chi connectivity index (χ1) is 8.41. The molecule has 108 valence electrons. The molecule has 0 unspecified atom stereocenters. The third-order valence-corrected chi connectivity index (χ3v) is 4.36. The highest BCUT2D eigenvalue weighted by Crippen LogP contribution is 2.60. The molecule has 0 radical (unpaired) electrons. The summed E-state index contributed by atoms with van der Waals surface area (Å²) in [7, 11) is -5.56. The van der Waals surface area contributed by atoms with Crippen molar-refractivity contribution in [2.24, 2.45) is 0 Å². The lowest BCUT2D eigenvalue weighted by molar-refractivity contribution is 0.0546. The summed E-state index contributed by atoms with van der Waals surface area (Å²) in [5.41, 5.74) is -4.43. The van der Waals surface area contributed by atoms with Gasteiger partial charge >= 0.3 is 13.3 Å². The van der Waals surface area contributed by atoms with Gasteiger partial charge in [0.25, 0.3) is 0 Å². The summed E-state index contributed by atoms with van der Waals surface area (Å²) >= 11 is 3.23. The number of alkyl halides is 3. The molecule has 0 aliphatic rings. The molecule has 2 N–H and O–H groups in total. The molecule has 0 fully saturated rings. The summed E-state index contributed by atoms with van der Waals surface area (Å²) in [6.45, 7) is 5.17. The predicted octanol–water partition coefficient (Wildman–Crippen LogP) is 4.11. The summed E-state index contributed by atoms with van der Waals surface area (Å²) in [5.74, 6) is 0. The number of halogens is 3. The molecular weight excluding hydrogens is 341 g/mol. The summed E-state index contributed by atoms with van der Waals surface area (Å²) in [4.78, 5) is 17.7. The second-order valence-electron chi connectivity index (χ2n) is 5.35. The molecule has 1 aromatic rings. The largest absolute Gasteiger partial charge is 0.399 e. The summed E-state index contributed by atoms with van der Waals surface area (Å²) in [6, 6.07) is 4.08. The Morgan fingerprint density at radius 2 is 1.74 bits per heavy atom. The molecule has 0 saturated carbocycles. The van der Waals surface area contributed by atoms with Gasteiger partial charge in [0, 0.05) is 10.9 Å². The second-order valence-corrected chi connectivity index (χ2v) is 7.56. The quantitative estimate of drug-likeness (QED) is 0.633. The van der Waals surface area contributed by atoms with E-state index in [9.17, 15) is 13.3 Å². The Bertz CT molecular complexity index is 520. The van der Waals surface area contributed by atoms with Crippen LogP contribution in [0.4, 0.5) is 8.78 Å². The molecule has 0 bridgehead atoms. The van der Waals surface area contributed by atoms with Crippen LogP contribution in [0.3, 0.4) is 0 Å². The van der Waals surface area contributed by atoms with E-state index in [2.05, 4.69) is 15.9 Å². The molecule has 1 rings (SSSR count). The highest BCUT2D eigenvalue weighted by Gasteiger charge is 2.52. The molecule has 3 nitrogen and oxygen atoms in total. The minimum atomic E-state index is -5.56. The molecule has 0 amide bonds. The van der Waals surface area contributed by atoms with Crippen molar-refractivity contribution in [2.75, 3.05) is 0 Å². The van der Waals surface area contributed by atoms with E-state index < -0.39 is 24.2 Å². The third kappa shape index (κ3) is 3.43. The molecule has 0 aliphatic carbocycles. The fraction of sp³-hybridized carbons (Fsp3) is 0.500. The van der Waals surface area contributed by atoms with Gasteiger partial charge < -0.3 is 9.79 Å². The van der Waals surface area contributed by atoms with Crippen LogP contribution < -0.4 is 0 Å². The van der Waals surface area contributed by atoms with Crippen molar-refractivity contribution in [3.8, 4) is 0 Å². The number of hydrogen-bond acceptors (Lipinski definition) is 1. The van der Waals surface area contributed by atoms with Crippen molar-refractivity contribution in [3.63, 3.8) is 0 Å². The molecule has 0 heterocycles. The van der Waals surface area contributed by atoms with E-state index in [0.717, 1.165) is 11.6 Å². The zero-order valence-corrected chi connectivity index (χ0v) is 13.3. The zero-order valence-electron chi connectivity index (χ0n) is 10.8. The van der Waals surface area contributed by atoms with Gasteiger partial charge in [-0.25, -0.2) is 0 Å². The minimum absolute atomic E-state index is 0.234. The normalized spacial score (nSPS) is 13.7. The van der Waals surface area contributed by atoms with Crippen molar-refractivity contribution in [2.45, 2.75) is 37.2 Å². The number of rotatable bonds is 3. The van der Waals surface area contributed by atoms with Gasteiger partial charge in [-0.05, 0) is 16.5 Å². The van der Waals surface area contributed by atoms with E-state index in [0.29, 0.717) is 5.33 Å². The lowest BCUT2D eigenvalue weighted by atomic mass is 9.83. The number of benzene rings is 1. The molecule has 0 aromatic heterocycles. The first-order valence-electron chi connectivity index (χ1n) is 5.54. The van der Waals surface area contributed by atoms with Gasteiger partial charge in [0.1, 0.15) is 0 Å². The summed E-state index contributed by atoms with van der Waals surface area (Å²) in [6.07, 6.45) is 0. The van der Waals surface area contributed by atoms with Crippen molar-refractivity contribution in [1.82, 2.24) is 0 Å². The van der Waals surface area contributed by atoms with Gasteiger partial charge in [-0.1, -0.05) is 54.9 Å². The van der Waals surface area contributed by atoms with Crippen molar-refractivity contribution < 1.29 is 23.1 Å². The standard InChI is InChI=1S/C12H16BrF2O3P/c1-11(2,3)10-6-8(7-13)4-5-9(10)12(14,15)19(16,17)18/h4-6H,7H2,1-3H3,(H2,16,17,18). The van der Waals surface area contributed by atoms with E-state index in [1.807, 2.05) is 0 Å². The topological polar surface area (TPSA) is 57.5 Å². The second kappa shape index (κ2) is 5.24. The van der Waals surface area contributed by atoms with Crippen LogP contribution in [-0.4, -0.2) is 9.79 Å². The Labute approximate surface area is 119 Å². The SMILES string of the molecule is CC(C)(C)c1cc(CBr)ccc1C(F)(F)P(=O)(O)O.